The molecule has 1 N–H and O–H groups in total. The van der Waals surface area contributed by atoms with E-state index >= 15 is 0 Å². The first-order chi connectivity index (χ1) is 5.22. The van der Waals surface area contributed by atoms with Crippen LogP contribution in [0.2, 0.25) is 0 Å². The minimum Gasteiger partial charge on any atom is -0.381 e. The number of hydrogen-bond acceptors (Lipinski definition) is 4. The van der Waals surface area contributed by atoms with Gasteiger partial charge in [-0.3, -0.25) is 10.1 Å². The molecule has 0 heterocycles. The van der Waals surface area contributed by atoms with Gasteiger partial charge < -0.3 is 5.32 Å². The molecule has 0 radical (unpaired) electrons. The third kappa shape index (κ3) is 4.44. The highest BCUT2D eigenvalue weighted by atomic mass is 32.2. The molecule has 0 atom stereocenters. The van der Waals surface area contributed by atoms with Gasteiger partial charge >= 0.3 is 5.03 Å². The molecule has 5 heteroatoms. The zero-order valence-electron chi connectivity index (χ0n) is 6.24. The predicted molar refractivity (Wildman–Crippen MR) is 46.8 cm³/mol. The molecular formula is C6H10N2O2S. The lowest BCUT2D eigenvalue weighted by molar-refractivity contribution is -0.410. The summed E-state index contributed by atoms with van der Waals surface area (Å²) in [7, 11) is 0. The van der Waals surface area contributed by atoms with E-state index in [1.165, 1.54) is 6.20 Å². The fourth-order valence-corrected chi connectivity index (χ4v) is 0.766. The van der Waals surface area contributed by atoms with Crippen LogP contribution in [-0.4, -0.2) is 17.7 Å². The second-order valence-electron chi connectivity index (χ2n) is 1.64. The highest BCUT2D eigenvalue weighted by molar-refractivity contribution is 8.02. The van der Waals surface area contributed by atoms with Crippen molar-refractivity contribution < 1.29 is 4.92 Å². The first-order valence-corrected chi connectivity index (χ1v) is 4.17. The molecule has 11 heavy (non-hydrogen) atoms. The zero-order valence-corrected chi connectivity index (χ0v) is 7.06. The summed E-state index contributed by atoms with van der Waals surface area (Å²) in [6, 6.07) is 0. The largest absolute Gasteiger partial charge is 0.381 e. The van der Waals surface area contributed by atoms with Crippen molar-refractivity contribution in [2.24, 2.45) is 0 Å². The summed E-state index contributed by atoms with van der Waals surface area (Å²) in [5, 5.41) is 13.0. The third-order valence-electron chi connectivity index (χ3n) is 0.877. The second-order valence-corrected chi connectivity index (χ2v) is 2.47. The third-order valence-corrected chi connectivity index (χ3v) is 1.56. The van der Waals surface area contributed by atoms with E-state index < -0.39 is 4.92 Å². The van der Waals surface area contributed by atoms with Crippen molar-refractivity contribution in [2.75, 3.05) is 12.8 Å². The molecule has 0 fully saturated rings. The molecule has 62 valence electrons. The van der Waals surface area contributed by atoms with Crippen molar-refractivity contribution in [3.05, 3.63) is 34.0 Å². The molecule has 0 amide bonds. The molecule has 0 rings (SSSR count). The van der Waals surface area contributed by atoms with Crippen LogP contribution >= 0.6 is 11.8 Å². The van der Waals surface area contributed by atoms with Crippen LogP contribution in [0.25, 0.3) is 0 Å². The fourth-order valence-electron chi connectivity index (χ4n) is 0.416. The highest BCUT2D eigenvalue weighted by Crippen LogP contribution is 2.09. The molecule has 0 aliphatic heterocycles. The minimum atomic E-state index is -0.430. The Morgan fingerprint density at radius 2 is 2.55 bits per heavy atom. The second kappa shape index (κ2) is 5.79. The van der Waals surface area contributed by atoms with Gasteiger partial charge in [-0.15, -0.1) is 6.58 Å². The topological polar surface area (TPSA) is 55.2 Å². The normalized spacial score (nSPS) is 10.8. The Balaban J connectivity index is 3.90. The van der Waals surface area contributed by atoms with Crippen LogP contribution in [0.5, 0.6) is 0 Å². The maximum Gasteiger partial charge on any atom is 0.318 e. The Morgan fingerprint density at radius 3 is 2.91 bits per heavy atom. The molecule has 0 bridgehead atoms. The Kier molecular flexibility index (Phi) is 5.28. The van der Waals surface area contributed by atoms with Crippen LogP contribution in [0.1, 0.15) is 0 Å². The van der Waals surface area contributed by atoms with Gasteiger partial charge in [-0.25, -0.2) is 0 Å². The van der Waals surface area contributed by atoms with Crippen molar-refractivity contribution in [1.29, 1.82) is 0 Å². The monoisotopic (exact) mass is 174 g/mol. The van der Waals surface area contributed by atoms with E-state index in [1.54, 1.807) is 12.3 Å². The molecule has 0 aromatic rings. The fraction of sp³-hybridized carbons (Fsp3) is 0.333. The molecule has 0 saturated heterocycles. The molecule has 0 spiro atoms. The van der Waals surface area contributed by atoms with E-state index in [0.717, 1.165) is 11.8 Å². The van der Waals surface area contributed by atoms with E-state index in [0.29, 0.717) is 6.54 Å². The lowest BCUT2D eigenvalue weighted by atomic mass is 10.6. The number of nitro groups is 1. The van der Waals surface area contributed by atoms with Crippen LogP contribution in [0.15, 0.2) is 23.9 Å². The molecule has 0 aliphatic rings. The molecule has 0 aliphatic carbocycles. The van der Waals surface area contributed by atoms with Crippen molar-refractivity contribution in [2.45, 2.75) is 0 Å². The van der Waals surface area contributed by atoms with Crippen molar-refractivity contribution in [1.82, 2.24) is 5.32 Å². The summed E-state index contributed by atoms with van der Waals surface area (Å²) >= 11 is 1.09. The summed E-state index contributed by atoms with van der Waals surface area (Å²) in [6.07, 6.45) is 4.66. The smallest absolute Gasteiger partial charge is 0.318 e. The molecule has 0 aromatic carbocycles. The first-order valence-electron chi connectivity index (χ1n) is 2.95. The van der Waals surface area contributed by atoms with Crippen LogP contribution in [0, 0.1) is 10.1 Å². The van der Waals surface area contributed by atoms with Gasteiger partial charge in [-0.05, 0) is 6.26 Å². The Labute approximate surface area is 69.5 Å². The van der Waals surface area contributed by atoms with Gasteiger partial charge in [0.1, 0.15) is 0 Å². The van der Waals surface area contributed by atoms with Crippen molar-refractivity contribution >= 4 is 11.8 Å². The number of thioether (sulfide) groups is 1. The predicted octanol–water partition coefficient (Wildman–Crippen LogP) is 1.20. The van der Waals surface area contributed by atoms with Gasteiger partial charge in [0.15, 0.2) is 0 Å². The summed E-state index contributed by atoms with van der Waals surface area (Å²) in [5.74, 6) is 0. The summed E-state index contributed by atoms with van der Waals surface area (Å²) in [6.45, 7) is 4.00. The maximum atomic E-state index is 10.2. The van der Waals surface area contributed by atoms with E-state index in [-0.39, 0.29) is 5.03 Å². The maximum absolute atomic E-state index is 10.2. The summed E-state index contributed by atoms with van der Waals surface area (Å²) < 4.78 is 0. The van der Waals surface area contributed by atoms with Gasteiger partial charge in [0, 0.05) is 6.54 Å². The SMILES string of the molecule is C=CCNC=C(SC)[N+](=O)[O-]. The summed E-state index contributed by atoms with van der Waals surface area (Å²) in [5.41, 5.74) is 0. The van der Waals surface area contributed by atoms with Crippen LogP contribution in [-0.2, 0) is 0 Å². The van der Waals surface area contributed by atoms with Gasteiger partial charge in [-0.2, -0.15) is 0 Å². The Bertz CT molecular complexity index is 179. The zero-order chi connectivity index (χ0) is 8.69. The molecule has 0 unspecified atom stereocenters. The van der Waals surface area contributed by atoms with Crippen LogP contribution < -0.4 is 5.32 Å². The van der Waals surface area contributed by atoms with Crippen LogP contribution in [0.3, 0.4) is 0 Å². The van der Waals surface area contributed by atoms with Crippen molar-refractivity contribution in [3.8, 4) is 0 Å². The van der Waals surface area contributed by atoms with Crippen molar-refractivity contribution in [3.63, 3.8) is 0 Å². The average Bonchev–Trinajstić information content (AvgIpc) is 1.97. The van der Waals surface area contributed by atoms with Crippen LogP contribution in [0.4, 0.5) is 0 Å². The van der Waals surface area contributed by atoms with Gasteiger partial charge in [0.05, 0.1) is 11.1 Å². The minimum absolute atomic E-state index is 0.104. The van der Waals surface area contributed by atoms with Gasteiger partial charge in [0.2, 0.25) is 0 Å². The average molecular weight is 174 g/mol. The van der Waals surface area contributed by atoms with Gasteiger partial charge in [0.25, 0.3) is 0 Å². The Morgan fingerprint density at radius 1 is 1.91 bits per heavy atom. The summed E-state index contributed by atoms with van der Waals surface area (Å²) in [4.78, 5) is 9.75. The number of nitrogens with zero attached hydrogens (tertiary/aromatic N) is 1. The molecular weight excluding hydrogens is 164 g/mol. The number of rotatable bonds is 5. The van der Waals surface area contributed by atoms with E-state index in [1.807, 2.05) is 0 Å². The Hall–Kier alpha value is -0.970. The highest BCUT2D eigenvalue weighted by Gasteiger charge is 2.05. The molecule has 0 aromatic heterocycles. The van der Waals surface area contributed by atoms with Gasteiger partial charge in [-0.1, -0.05) is 17.8 Å². The molecule has 4 nitrogen and oxygen atoms in total. The quantitative estimate of drug-likeness (QED) is 0.294. The number of nitrogens with one attached hydrogen (secondary N) is 1. The number of hydrogen-bond donors (Lipinski definition) is 1. The van der Waals surface area contributed by atoms with E-state index in [9.17, 15) is 10.1 Å². The standard InChI is InChI=1S/C6H10N2O2S/c1-3-4-7-5-6(11-2)8(9)10/h3,5,7H,1,4H2,2H3. The lowest BCUT2D eigenvalue weighted by Crippen LogP contribution is -2.07. The van der Waals surface area contributed by atoms with E-state index in [2.05, 4.69) is 11.9 Å². The molecule has 0 saturated carbocycles. The van der Waals surface area contributed by atoms with E-state index in [4.69, 9.17) is 0 Å². The lowest BCUT2D eigenvalue weighted by Gasteiger charge is -1.94. The first kappa shape index (κ1) is 10.0.